The summed E-state index contributed by atoms with van der Waals surface area (Å²) in [6.07, 6.45) is 6.24. The third-order valence-electron chi connectivity index (χ3n) is 4.06. The molecule has 1 aliphatic carbocycles. The van der Waals surface area contributed by atoms with Crippen molar-refractivity contribution in [3.05, 3.63) is 23.4 Å². The number of carbonyl (C=O) groups excluding carboxylic acids is 1. The Morgan fingerprint density at radius 2 is 1.85 bits per heavy atom. The highest BCUT2D eigenvalue weighted by molar-refractivity contribution is 5.76. The molecule has 4 heteroatoms. The van der Waals surface area contributed by atoms with E-state index in [9.17, 15) is 4.79 Å². The summed E-state index contributed by atoms with van der Waals surface area (Å²) in [4.78, 5) is 16.6. The summed E-state index contributed by atoms with van der Waals surface area (Å²) >= 11 is 0. The van der Waals surface area contributed by atoms with E-state index in [1.54, 1.807) is 0 Å². The molecule has 1 fully saturated rings. The van der Waals surface area contributed by atoms with E-state index in [2.05, 4.69) is 50.1 Å². The topological polar surface area (TPSA) is 35.6 Å². The summed E-state index contributed by atoms with van der Waals surface area (Å²) in [5.41, 5.74) is 2.48. The van der Waals surface area contributed by atoms with Crippen LogP contribution in [0.25, 0.3) is 0 Å². The highest BCUT2D eigenvalue weighted by Crippen LogP contribution is 2.17. The first-order valence-corrected chi connectivity index (χ1v) is 7.54. The van der Waals surface area contributed by atoms with Crippen molar-refractivity contribution in [3.8, 4) is 0 Å². The zero-order chi connectivity index (χ0) is 14.8. The zero-order valence-electron chi connectivity index (χ0n) is 13.2. The molecule has 0 atom stereocenters. The first-order valence-electron chi connectivity index (χ1n) is 7.54. The predicted octanol–water partition coefficient (Wildman–Crippen LogP) is 2.74. The van der Waals surface area contributed by atoms with Gasteiger partial charge in [-0.15, -0.1) is 0 Å². The zero-order valence-corrected chi connectivity index (χ0v) is 13.2. The molecule has 1 heterocycles. The standard InChI is InChI=1S/C16H27N3O/c1-13-6-5-7-14(12-13)17-15(20)18-8-10-19(11-9-18)16(2,3)4/h6,12H,5,7-11H2,1-4H3,(H,17,20). The second-order valence-electron chi connectivity index (χ2n) is 6.73. The van der Waals surface area contributed by atoms with Crippen LogP contribution in [0.4, 0.5) is 4.79 Å². The van der Waals surface area contributed by atoms with E-state index in [1.165, 1.54) is 5.57 Å². The number of nitrogens with zero attached hydrogens (tertiary/aromatic N) is 2. The van der Waals surface area contributed by atoms with Crippen LogP contribution in [0.15, 0.2) is 23.4 Å². The van der Waals surface area contributed by atoms with Gasteiger partial charge < -0.3 is 10.2 Å². The highest BCUT2D eigenvalue weighted by atomic mass is 16.2. The van der Waals surface area contributed by atoms with E-state index < -0.39 is 0 Å². The number of hydrogen-bond donors (Lipinski definition) is 1. The van der Waals surface area contributed by atoms with Crippen molar-refractivity contribution >= 4 is 6.03 Å². The molecule has 112 valence electrons. The van der Waals surface area contributed by atoms with Crippen LogP contribution in [0.3, 0.4) is 0 Å². The lowest BCUT2D eigenvalue weighted by atomic mass is 10.0. The van der Waals surface area contributed by atoms with Crippen molar-refractivity contribution in [2.75, 3.05) is 26.2 Å². The summed E-state index contributed by atoms with van der Waals surface area (Å²) < 4.78 is 0. The van der Waals surface area contributed by atoms with Crippen molar-refractivity contribution in [1.29, 1.82) is 0 Å². The quantitative estimate of drug-likeness (QED) is 0.800. The Morgan fingerprint density at radius 3 is 2.40 bits per heavy atom. The Kier molecular flexibility index (Phi) is 4.53. The van der Waals surface area contributed by atoms with Crippen molar-refractivity contribution in [3.63, 3.8) is 0 Å². The van der Waals surface area contributed by atoms with Gasteiger partial charge in [0.15, 0.2) is 0 Å². The number of nitrogens with one attached hydrogen (secondary N) is 1. The molecule has 1 aliphatic heterocycles. The molecule has 1 saturated heterocycles. The summed E-state index contributed by atoms with van der Waals surface area (Å²) in [6.45, 7) is 12.3. The van der Waals surface area contributed by atoms with Crippen LogP contribution in [0.1, 0.15) is 40.5 Å². The van der Waals surface area contributed by atoms with Crippen LogP contribution >= 0.6 is 0 Å². The van der Waals surface area contributed by atoms with Crippen LogP contribution in [-0.2, 0) is 0 Å². The highest BCUT2D eigenvalue weighted by Gasteiger charge is 2.27. The van der Waals surface area contributed by atoms with E-state index in [-0.39, 0.29) is 11.6 Å². The molecule has 20 heavy (non-hydrogen) atoms. The summed E-state index contributed by atoms with van der Waals surface area (Å²) in [5.74, 6) is 0. The Bertz CT molecular complexity index is 423. The van der Waals surface area contributed by atoms with Crippen molar-refractivity contribution in [1.82, 2.24) is 15.1 Å². The summed E-state index contributed by atoms with van der Waals surface area (Å²) in [6, 6.07) is 0.0551. The molecule has 2 aliphatic rings. The maximum atomic E-state index is 12.3. The van der Waals surface area contributed by atoms with E-state index in [0.717, 1.165) is 44.7 Å². The minimum atomic E-state index is 0.0551. The molecule has 0 saturated carbocycles. The van der Waals surface area contributed by atoms with Crippen LogP contribution in [0.2, 0.25) is 0 Å². The monoisotopic (exact) mass is 277 g/mol. The molecular formula is C16H27N3O. The van der Waals surface area contributed by atoms with Crippen LogP contribution in [-0.4, -0.2) is 47.5 Å². The molecule has 0 spiro atoms. The molecule has 0 aromatic heterocycles. The largest absolute Gasteiger partial charge is 0.322 e. The Morgan fingerprint density at radius 1 is 1.20 bits per heavy atom. The molecule has 0 aromatic carbocycles. The SMILES string of the molecule is CC1=CCCC(NC(=O)N2CCN(C(C)(C)C)CC2)=C1. The van der Waals surface area contributed by atoms with E-state index in [1.807, 2.05) is 4.90 Å². The number of amides is 2. The molecule has 2 rings (SSSR count). The van der Waals surface area contributed by atoms with Crippen molar-refractivity contribution in [2.24, 2.45) is 0 Å². The lowest BCUT2D eigenvalue weighted by Crippen LogP contribution is -2.56. The number of rotatable bonds is 1. The molecule has 0 radical (unpaired) electrons. The Hall–Kier alpha value is -1.29. The molecule has 0 bridgehead atoms. The molecule has 0 aromatic rings. The van der Waals surface area contributed by atoms with Gasteiger partial charge in [-0.3, -0.25) is 4.90 Å². The Balaban J connectivity index is 1.85. The van der Waals surface area contributed by atoms with E-state index in [4.69, 9.17) is 0 Å². The van der Waals surface area contributed by atoms with Gasteiger partial charge >= 0.3 is 6.03 Å². The lowest BCUT2D eigenvalue weighted by Gasteiger charge is -2.42. The molecular weight excluding hydrogens is 250 g/mol. The van der Waals surface area contributed by atoms with Crippen molar-refractivity contribution < 1.29 is 4.79 Å². The van der Waals surface area contributed by atoms with Crippen LogP contribution in [0, 0.1) is 0 Å². The number of allylic oxidation sites excluding steroid dienone is 4. The number of urea groups is 1. The van der Waals surface area contributed by atoms with Gasteiger partial charge in [-0.05, 0) is 46.6 Å². The number of piperazine rings is 1. The fraction of sp³-hybridized carbons (Fsp3) is 0.688. The third-order valence-corrected chi connectivity index (χ3v) is 4.06. The second-order valence-corrected chi connectivity index (χ2v) is 6.73. The summed E-state index contributed by atoms with van der Waals surface area (Å²) in [7, 11) is 0. The van der Waals surface area contributed by atoms with Crippen molar-refractivity contribution in [2.45, 2.75) is 46.1 Å². The average Bonchev–Trinajstić information content (AvgIpc) is 2.38. The fourth-order valence-electron chi connectivity index (χ4n) is 2.76. The van der Waals surface area contributed by atoms with E-state index >= 15 is 0 Å². The van der Waals surface area contributed by atoms with Gasteiger partial charge in [0.05, 0.1) is 0 Å². The number of carbonyl (C=O) groups is 1. The van der Waals surface area contributed by atoms with Gasteiger partial charge in [-0.1, -0.05) is 11.6 Å². The van der Waals surface area contributed by atoms with Gasteiger partial charge in [0.1, 0.15) is 0 Å². The van der Waals surface area contributed by atoms with E-state index in [0.29, 0.717) is 0 Å². The van der Waals surface area contributed by atoms with Gasteiger partial charge in [0, 0.05) is 37.4 Å². The molecule has 0 unspecified atom stereocenters. The minimum Gasteiger partial charge on any atom is -0.322 e. The Labute approximate surface area is 122 Å². The van der Waals surface area contributed by atoms with Gasteiger partial charge in [0.25, 0.3) is 0 Å². The smallest absolute Gasteiger partial charge is 0.321 e. The van der Waals surface area contributed by atoms with Gasteiger partial charge in [-0.2, -0.15) is 0 Å². The molecule has 1 N–H and O–H groups in total. The predicted molar refractivity (Wildman–Crippen MR) is 82.5 cm³/mol. The van der Waals surface area contributed by atoms with Gasteiger partial charge in [-0.25, -0.2) is 4.79 Å². The summed E-state index contributed by atoms with van der Waals surface area (Å²) in [5, 5.41) is 3.06. The third kappa shape index (κ3) is 3.85. The normalized spacial score (nSPS) is 21.3. The maximum absolute atomic E-state index is 12.3. The fourth-order valence-corrected chi connectivity index (χ4v) is 2.76. The first-order chi connectivity index (χ1) is 9.36. The lowest BCUT2D eigenvalue weighted by molar-refractivity contribution is 0.0748. The minimum absolute atomic E-state index is 0.0551. The number of hydrogen-bond acceptors (Lipinski definition) is 2. The second kappa shape index (κ2) is 6.00. The molecule has 2 amide bonds. The molecule has 4 nitrogen and oxygen atoms in total. The van der Waals surface area contributed by atoms with Crippen LogP contribution in [0.5, 0.6) is 0 Å². The first kappa shape index (κ1) is 15.1. The average molecular weight is 277 g/mol. The van der Waals surface area contributed by atoms with Crippen LogP contribution < -0.4 is 5.32 Å². The maximum Gasteiger partial charge on any atom is 0.321 e. The van der Waals surface area contributed by atoms with Gasteiger partial charge in [0.2, 0.25) is 0 Å².